The van der Waals surface area contributed by atoms with Crippen LogP contribution in [0.15, 0.2) is 0 Å². The molecular formula is C18H40ClNO2. The maximum Gasteiger partial charge on any atom is 0.306 e. The van der Waals surface area contributed by atoms with Crippen LogP contribution in [0.5, 0.6) is 0 Å². The van der Waals surface area contributed by atoms with Gasteiger partial charge in [0.25, 0.3) is 0 Å². The Morgan fingerprint density at radius 3 is 1.50 bits per heavy atom. The van der Waals surface area contributed by atoms with Gasteiger partial charge in [-0.15, -0.1) is 12.4 Å². The molecule has 1 atom stereocenters. The van der Waals surface area contributed by atoms with E-state index in [9.17, 15) is 4.79 Å². The Labute approximate surface area is 145 Å². The number of rotatable bonds is 13. The lowest BCUT2D eigenvalue weighted by atomic mass is 10.0. The fraction of sp³-hybridized carbons (Fsp3) is 0.944. The van der Waals surface area contributed by atoms with E-state index >= 15 is 0 Å². The van der Waals surface area contributed by atoms with Crippen molar-refractivity contribution in [3.8, 4) is 0 Å². The van der Waals surface area contributed by atoms with E-state index in [0.29, 0.717) is 0 Å². The summed E-state index contributed by atoms with van der Waals surface area (Å²) < 4.78 is 0. The number of nitrogens with one attached hydrogen (secondary N) is 1. The Hall–Kier alpha value is -0.280. The molecule has 0 aromatic carbocycles. The van der Waals surface area contributed by atoms with Crippen molar-refractivity contribution in [3.63, 3.8) is 0 Å². The van der Waals surface area contributed by atoms with E-state index in [1.54, 1.807) is 6.92 Å². The van der Waals surface area contributed by atoms with E-state index in [0.717, 1.165) is 12.8 Å². The van der Waals surface area contributed by atoms with E-state index in [-0.39, 0.29) is 18.3 Å². The molecule has 0 spiro atoms. The zero-order valence-electron chi connectivity index (χ0n) is 15.3. The lowest BCUT2D eigenvalue weighted by molar-refractivity contribution is -0.141. The molecule has 1 unspecified atom stereocenters. The third kappa shape index (κ3) is 24.7. The second kappa shape index (κ2) is 23.0. The van der Waals surface area contributed by atoms with Crippen molar-refractivity contribution < 1.29 is 9.90 Å². The Balaban J connectivity index is -0.000000827. The molecule has 0 bridgehead atoms. The zero-order valence-corrected chi connectivity index (χ0v) is 16.1. The highest BCUT2D eigenvalue weighted by atomic mass is 35.5. The first-order valence-electron chi connectivity index (χ1n) is 8.91. The van der Waals surface area contributed by atoms with Crippen LogP contribution >= 0.6 is 12.4 Å². The summed E-state index contributed by atoms with van der Waals surface area (Å²) in [6.45, 7) is 4.06. The summed E-state index contributed by atoms with van der Waals surface area (Å²) in [7, 11) is 3.75. The number of carboxylic acid groups (broad SMARTS) is 1. The largest absolute Gasteiger partial charge is 0.481 e. The molecule has 0 aliphatic carbocycles. The van der Waals surface area contributed by atoms with Gasteiger partial charge in [-0.2, -0.15) is 0 Å². The highest BCUT2D eigenvalue weighted by Gasteiger charge is 2.09. The van der Waals surface area contributed by atoms with Crippen molar-refractivity contribution in [2.24, 2.45) is 5.92 Å². The predicted molar refractivity (Wildman–Crippen MR) is 100 cm³/mol. The van der Waals surface area contributed by atoms with Crippen LogP contribution in [0.25, 0.3) is 0 Å². The summed E-state index contributed by atoms with van der Waals surface area (Å²) in [5.41, 5.74) is 0. The van der Waals surface area contributed by atoms with Crippen molar-refractivity contribution in [2.45, 2.75) is 90.9 Å². The Morgan fingerprint density at radius 2 is 1.18 bits per heavy atom. The van der Waals surface area contributed by atoms with Crippen LogP contribution in [-0.4, -0.2) is 25.2 Å². The second-order valence-electron chi connectivity index (χ2n) is 6.06. The summed E-state index contributed by atoms with van der Waals surface area (Å²) >= 11 is 0. The fourth-order valence-corrected chi connectivity index (χ4v) is 2.24. The minimum atomic E-state index is -0.651. The van der Waals surface area contributed by atoms with Crippen LogP contribution in [0.2, 0.25) is 0 Å². The molecule has 3 nitrogen and oxygen atoms in total. The maximum atomic E-state index is 10.6. The topological polar surface area (TPSA) is 49.3 Å². The summed E-state index contributed by atoms with van der Waals surface area (Å²) in [6.07, 6.45) is 15.4. The molecule has 136 valence electrons. The molecule has 0 heterocycles. The first kappa shape index (κ1) is 26.6. The van der Waals surface area contributed by atoms with Crippen molar-refractivity contribution >= 4 is 18.4 Å². The van der Waals surface area contributed by atoms with Crippen LogP contribution < -0.4 is 5.32 Å². The van der Waals surface area contributed by atoms with Crippen LogP contribution in [-0.2, 0) is 4.79 Å². The van der Waals surface area contributed by atoms with Gasteiger partial charge < -0.3 is 10.4 Å². The molecular weight excluding hydrogens is 298 g/mol. The van der Waals surface area contributed by atoms with Gasteiger partial charge in [0, 0.05) is 0 Å². The van der Waals surface area contributed by atoms with Crippen LogP contribution in [0.3, 0.4) is 0 Å². The number of carboxylic acids is 1. The van der Waals surface area contributed by atoms with Gasteiger partial charge in [0.2, 0.25) is 0 Å². The average molecular weight is 338 g/mol. The fourth-order valence-electron chi connectivity index (χ4n) is 2.24. The van der Waals surface area contributed by atoms with Crippen molar-refractivity contribution in [1.29, 1.82) is 0 Å². The van der Waals surface area contributed by atoms with Gasteiger partial charge in [0.1, 0.15) is 0 Å². The third-order valence-corrected chi connectivity index (χ3v) is 3.66. The monoisotopic (exact) mass is 337 g/mol. The Bertz CT molecular complexity index is 213. The summed E-state index contributed by atoms with van der Waals surface area (Å²) in [5.74, 6) is -0.814. The van der Waals surface area contributed by atoms with Crippen LogP contribution in [0.4, 0.5) is 0 Å². The molecule has 0 aliphatic rings. The first-order valence-corrected chi connectivity index (χ1v) is 8.91. The molecule has 0 aromatic rings. The summed E-state index contributed by atoms with van der Waals surface area (Å²) in [4.78, 5) is 10.6. The van der Waals surface area contributed by atoms with Gasteiger partial charge >= 0.3 is 5.97 Å². The molecule has 0 saturated heterocycles. The third-order valence-electron chi connectivity index (χ3n) is 3.66. The second-order valence-corrected chi connectivity index (χ2v) is 6.06. The van der Waals surface area contributed by atoms with Gasteiger partial charge in [0.05, 0.1) is 5.92 Å². The Morgan fingerprint density at radius 1 is 0.864 bits per heavy atom. The van der Waals surface area contributed by atoms with Gasteiger partial charge in [-0.25, -0.2) is 0 Å². The lowest BCUT2D eigenvalue weighted by Crippen LogP contribution is -2.08. The highest BCUT2D eigenvalue weighted by molar-refractivity contribution is 5.85. The lowest BCUT2D eigenvalue weighted by Gasteiger charge is -2.05. The van der Waals surface area contributed by atoms with Crippen molar-refractivity contribution in [1.82, 2.24) is 5.32 Å². The number of hydrogen-bond acceptors (Lipinski definition) is 2. The van der Waals surface area contributed by atoms with E-state index in [1.807, 2.05) is 14.1 Å². The van der Waals surface area contributed by atoms with Gasteiger partial charge in [-0.05, 0) is 20.5 Å². The number of halogens is 1. The maximum absolute atomic E-state index is 10.6. The van der Waals surface area contributed by atoms with Crippen LogP contribution in [0, 0.1) is 5.92 Å². The van der Waals surface area contributed by atoms with Gasteiger partial charge in [-0.1, -0.05) is 84.5 Å². The average Bonchev–Trinajstić information content (AvgIpc) is 2.45. The van der Waals surface area contributed by atoms with E-state index in [4.69, 9.17) is 5.11 Å². The normalized spacial score (nSPS) is 11.1. The zero-order chi connectivity index (χ0) is 16.3. The minimum Gasteiger partial charge on any atom is -0.481 e. The molecule has 0 saturated carbocycles. The van der Waals surface area contributed by atoms with Crippen molar-refractivity contribution in [2.75, 3.05) is 14.1 Å². The molecule has 22 heavy (non-hydrogen) atoms. The smallest absolute Gasteiger partial charge is 0.306 e. The Kier molecular flexibility index (Phi) is 27.8. The molecule has 0 aromatic heterocycles. The summed E-state index contributed by atoms with van der Waals surface area (Å²) in [5, 5.41) is 11.5. The quantitative estimate of drug-likeness (QED) is 0.426. The van der Waals surface area contributed by atoms with E-state index in [2.05, 4.69) is 12.2 Å². The van der Waals surface area contributed by atoms with Crippen LogP contribution in [0.1, 0.15) is 90.9 Å². The highest BCUT2D eigenvalue weighted by Crippen LogP contribution is 2.14. The summed E-state index contributed by atoms with van der Waals surface area (Å²) in [6, 6.07) is 0. The van der Waals surface area contributed by atoms with E-state index in [1.165, 1.54) is 64.2 Å². The number of aliphatic carboxylic acids is 1. The SMILES string of the molecule is CCCCCCCCCCCCCC(C)C(=O)O.CNC.Cl. The van der Waals surface area contributed by atoms with Gasteiger partial charge in [0.15, 0.2) is 0 Å². The first-order chi connectivity index (χ1) is 10.1. The minimum absolute atomic E-state index is 0. The molecule has 0 aliphatic heterocycles. The molecule has 2 N–H and O–H groups in total. The number of hydrogen-bond donors (Lipinski definition) is 2. The number of unbranched alkanes of at least 4 members (excludes halogenated alkanes) is 10. The van der Waals surface area contributed by atoms with E-state index < -0.39 is 5.97 Å². The van der Waals surface area contributed by atoms with Gasteiger partial charge in [-0.3, -0.25) is 4.79 Å². The standard InChI is InChI=1S/C16H32O2.C2H7N.ClH/c1-3-4-5-6-7-8-9-10-11-12-13-14-15(2)16(17)18;1-3-2;/h15H,3-14H2,1-2H3,(H,17,18);3H,1-2H3;1H. The molecule has 0 fully saturated rings. The van der Waals surface area contributed by atoms with Crippen molar-refractivity contribution in [3.05, 3.63) is 0 Å². The predicted octanol–water partition coefficient (Wildman–Crippen LogP) is 5.67. The molecule has 0 amide bonds. The molecule has 0 radical (unpaired) electrons. The molecule has 4 heteroatoms. The number of carbonyl (C=O) groups is 1. The molecule has 0 rings (SSSR count).